The van der Waals surface area contributed by atoms with Crippen LogP contribution < -0.4 is 0 Å². The maximum atomic E-state index is 4.95. The van der Waals surface area contributed by atoms with Gasteiger partial charge in [-0.1, -0.05) is 144 Å². The van der Waals surface area contributed by atoms with E-state index in [9.17, 15) is 0 Å². The van der Waals surface area contributed by atoms with Crippen molar-refractivity contribution in [3.8, 4) is 45.3 Å². The average Bonchev–Trinajstić information content (AvgIpc) is 2.97. The van der Waals surface area contributed by atoms with Crippen LogP contribution in [0.3, 0.4) is 0 Å². The second-order valence-corrected chi connectivity index (χ2v) is 11.4. The minimum atomic E-state index is 0.0884. The molecule has 39 heavy (non-hydrogen) atoms. The lowest BCUT2D eigenvalue weighted by Gasteiger charge is -2.19. The zero-order chi connectivity index (χ0) is 27.4. The molecule has 0 saturated carbocycles. The van der Waals surface area contributed by atoms with Gasteiger partial charge in [0.15, 0.2) is 17.5 Å². The van der Waals surface area contributed by atoms with Crippen LogP contribution in [0.1, 0.15) is 64.5 Å². The number of hydrogen-bond acceptors (Lipinski definition) is 3. The fourth-order valence-corrected chi connectivity index (χ4v) is 4.89. The second-order valence-electron chi connectivity index (χ2n) is 11.4. The molecular weight excluding hydrogens is 474 g/mol. The quantitative estimate of drug-likeness (QED) is 0.218. The highest BCUT2D eigenvalue weighted by Gasteiger charge is 2.16. The Morgan fingerprint density at radius 1 is 0.538 bits per heavy atom. The van der Waals surface area contributed by atoms with Crippen LogP contribution in [-0.2, 0) is 5.41 Å². The Balaban J connectivity index is 1.56. The monoisotopic (exact) mass is 511 g/mol. The summed E-state index contributed by atoms with van der Waals surface area (Å²) in [6.45, 7) is 11.2. The van der Waals surface area contributed by atoms with E-state index >= 15 is 0 Å². The molecule has 0 N–H and O–H groups in total. The minimum absolute atomic E-state index is 0.0884. The van der Waals surface area contributed by atoms with Crippen LogP contribution in [0.2, 0.25) is 0 Å². The van der Waals surface area contributed by atoms with Crippen molar-refractivity contribution in [3.05, 3.63) is 114 Å². The molecule has 0 aliphatic rings. The van der Waals surface area contributed by atoms with E-state index in [1.54, 1.807) is 0 Å². The summed E-state index contributed by atoms with van der Waals surface area (Å²) in [7, 11) is 0. The van der Waals surface area contributed by atoms with Gasteiger partial charge in [-0.25, -0.2) is 15.0 Å². The summed E-state index contributed by atoms with van der Waals surface area (Å²) in [4.78, 5) is 14.8. The van der Waals surface area contributed by atoms with E-state index in [4.69, 9.17) is 15.0 Å². The number of benzene rings is 4. The van der Waals surface area contributed by atoms with Crippen LogP contribution >= 0.6 is 0 Å². The third kappa shape index (κ3) is 6.15. The van der Waals surface area contributed by atoms with Gasteiger partial charge in [0.1, 0.15) is 0 Å². The van der Waals surface area contributed by atoms with Gasteiger partial charge in [0.2, 0.25) is 0 Å². The highest BCUT2D eigenvalue weighted by atomic mass is 15.0. The van der Waals surface area contributed by atoms with Gasteiger partial charge in [0.25, 0.3) is 0 Å². The first-order valence-corrected chi connectivity index (χ1v) is 13.9. The third-order valence-corrected chi connectivity index (χ3v) is 7.35. The van der Waals surface area contributed by atoms with Crippen molar-refractivity contribution in [1.29, 1.82) is 0 Å². The van der Waals surface area contributed by atoms with Gasteiger partial charge in [0.05, 0.1) is 0 Å². The van der Waals surface area contributed by atoms with Crippen molar-refractivity contribution < 1.29 is 0 Å². The van der Waals surface area contributed by atoms with Gasteiger partial charge in [-0.05, 0) is 40.0 Å². The van der Waals surface area contributed by atoms with Crippen LogP contribution in [0.4, 0.5) is 0 Å². The fourth-order valence-electron chi connectivity index (χ4n) is 4.89. The minimum Gasteiger partial charge on any atom is -0.208 e. The van der Waals surface area contributed by atoms with Crippen molar-refractivity contribution in [1.82, 2.24) is 15.0 Å². The summed E-state index contributed by atoms with van der Waals surface area (Å²) < 4.78 is 0. The summed E-state index contributed by atoms with van der Waals surface area (Å²) in [6, 6.07) is 36.2. The predicted molar refractivity (Wildman–Crippen MR) is 164 cm³/mol. The van der Waals surface area contributed by atoms with Crippen LogP contribution in [0.15, 0.2) is 103 Å². The molecule has 0 radical (unpaired) electrons. The van der Waals surface area contributed by atoms with Crippen molar-refractivity contribution in [2.24, 2.45) is 0 Å². The fraction of sp³-hybridized carbons (Fsp3) is 0.250. The van der Waals surface area contributed by atoms with Crippen molar-refractivity contribution in [2.75, 3.05) is 0 Å². The van der Waals surface area contributed by atoms with Crippen molar-refractivity contribution >= 4 is 0 Å². The number of rotatable bonds is 7. The third-order valence-electron chi connectivity index (χ3n) is 7.35. The molecule has 1 unspecified atom stereocenters. The Hall–Kier alpha value is -4.11. The van der Waals surface area contributed by atoms with E-state index in [1.807, 2.05) is 6.07 Å². The first-order chi connectivity index (χ1) is 18.8. The van der Waals surface area contributed by atoms with Gasteiger partial charge in [-0.15, -0.1) is 0 Å². The summed E-state index contributed by atoms with van der Waals surface area (Å²) >= 11 is 0. The molecule has 1 heterocycles. The molecule has 1 aromatic heterocycles. The van der Waals surface area contributed by atoms with E-state index < -0.39 is 0 Å². The largest absolute Gasteiger partial charge is 0.208 e. The van der Waals surface area contributed by atoms with Gasteiger partial charge in [0, 0.05) is 16.7 Å². The molecule has 0 saturated heterocycles. The lowest BCUT2D eigenvalue weighted by atomic mass is 9.87. The smallest absolute Gasteiger partial charge is 0.164 e. The molecule has 0 amide bonds. The van der Waals surface area contributed by atoms with Gasteiger partial charge >= 0.3 is 0 Å². The topological polar surface area (TPSA) is 38.7 Å². The SMILES string of the molecule is CCCC(C)c1ccc(-c2nc(-c3ccc(-c4ccccc4)cc3)nc(-c3ccc(C(C)(C)C)cc3)n2)cc1. The first-order valence-electron chi connectivity index (χ1n) is 13.9. The Morgan fingerprint density at radius 2 is 0.949 bits per heavy atom. The number of hydrogen-bond donors (Lipinski definition) is 0. The van der Waals surface area contributed by atoms with Crippen LogP contribution in [0.25, 0.3) is 45.3 Å². The molecule has 5 aromatic rings. The molecule has 0 spiro atoms. The normalized spacial score (nSPS) is 12.3. The lowest BCUT2D eigenvalue weighted by Crippen LogP contribution is -2.10. The second kappa shape index (κ2) is 11.3. The molecule has 0 aliphatic carbocycles. The summed E-state index contributed by atoms with van der Waals surface area (Å²) in [5.41, 5.74) is 8.05. The van der Waals surface area contributed by atoms with Crippen molar-refractivity contribution in [3.63, 3.8) is 0 Å². The Kier molecular flexibility index (Phi) is 7.70. The van der Waals surface area contributed by atoms with E-state index in [0.717, 1.165) is 16.7 Å². The van der Waals surface area contributed by atoms with E-state index in [1.165, 1.54) is 35.1 Å². The molecule has 3 nitrogen and oxygen atoms in total. The molecular formula is C36H37N3. The molecule has 1 atom stereocenters. The molecule has 4 aromatic carbocycles. The van der Waals surface area contributed by atoms with E-state index in [0.29, 0.717) is 23.4 Å². The highest BCUT2D eigenvalue weighted by molar-refractivity contribution is 5.70. The van der Waals surface area contributed by atoms with Crippen LogP contribution in [-0.4, -0.2) is 15.0 Å². The van der Waals surface area contributed by atoms with Gasteiger partial charge < -0.3 is 0 Å². The molecule has 0 bridgehead atoms. The Bertz CT molecular complexity index is 1510. The maximum Gasteiger partial charge on any atom is 0.164 e. The molecule has 0 aliphatic heterocycles. The standard InChI is InChI=1S/C36H37N3/c1-6-10-25(2)26-13-17-29(18-14-26)33-37-34(30-19-15-28(16-20-30)27-11-8-7-9-12-27)39-35(38-33)31-21-23-32(24-22-31)36(3,4)5/h7-9,11-25H,6,10H2,1-5H3. The van der Waals surface area contributed by atoms with Crippen molar-refractivity contribution in [2.45, 2.75) is 58.8 Å². The lowest BCUT2D eigenvalue weighted by molar-refractivity contribution is 0.590. The summed E-state index contributed by atoms with van der Waals surface area (Å²) in [6.07, 6.45) is 2.36. The molecule has 0 fully saturated rings. The average molecular weight is 512 g/mol. The zero-order valence-electron chi connectivity index (χ0n) is 23.6. The summed E-state index contributed by atoms with van der Waals surface area (Å²) in [5, 5.41) is 0. The zero-order valence-corrected chi connectivity index (χ0v) is 23.6. The number of aromatic nitrogens is 3. The molecule has 5 rings (SSSR count). The number of nitrogens with zero attached hydrogens (tertiary/aromatic N) is 3. The van der Waals surface area contributed by atoms with E-state index in [2.05, 4.69) is 132 Å². The van der Waals surface area contributed by atoms with Crippen LogP contribution in [0, 0.1) is 0 Å². The van der Waals surface area contributed by atoms with E-state index in [-0.39, 0.29) is 5.41 Å². The predicted octanol–water partition coefficient (Wildman–Crippen LogP) is 9.74. The van der Waals surface area contributed by atoms with Gasteiger partial charge in [-0.2, -0.15) is 0 Å². The highest BCUT2D eigenvalue weighted by Crippen LogP contribution is 2.30. The molecule has 3 heteroatoms. The maximum absolute atomic E-state index is 4.95. The summed E-state index contributed by atoms with van der Waals surface area (Å²) in [5.74, 6) is 2.60. The Labute approximate surface area is 233 Å². The first kappa shape index (κ1) is 26.5. The Morgan fingerprint density at radius 3 is 1.41 bits per heavy atom. The molecule has 196 valence electrons. The van der Waals surface area contributed by atoms with Crippen LogP contribution in [0.5, 0.6) is 0 Å². The van der Waals surface area contributed by atoms with Gasteiger partial charge in [-0.3, -0.25) is 0 Å².